The van der Waals surface area contributed by atoms with Crippen LogP contribution in [0.4, 0.5) is 8.78 Å². The molecule has 0 atom stereocenters. The van der Waals surface area contributed by atoms with Crippen LogP contribution in [0.25, 0.3) is 6.08 Å². The normalized spacial score (nSPS) is 16.3. The standard InChI is InChI=1S/C17H16F2N2O3S2/c18-15-3-2-14(11-16(15)19)26(23,24)21-8-6-20(7-9-21)17(22)4-1-13-5-10-25-12-13/h1-5,10-12H,6-9H2/b4-1-. The molecule has 9 heteroatoms. The molecule has 26 heavy (non-hydrogen) atoms. The van der Waals surface area contributed by atoms with Crippen LogP contribution in [0.2, 0.25) is 0 Å². The molecule has 1 aliphatic rings. The average Bonchev–Trinajstić information content (AvgIpc) is 3.15. The van der Waals surface area contributed by atoms with E-state index >= 15 is 0 Å². The Morgan fingerprint density at radius 3 is 2.42 bits per heavy atom. The van der Waals surface area contributed by atoms with Crippen molar-refractivity contribution in [2.24, 2.45) is 0 Å². The predicted octanol–water partition coefficient (Wildman–Crippen LogP) is 2.57. The number of thiophene rings is 1. The predicted molar refractivity (Wildman–Crippen MR) is 95.0 cm³/mol. The maximum atomic E-state index is 13.3. The van der Waals surface area contributed by atoms with Gasteiger partial charge in [0.2, 0.25) is 15.9 Å². The van der Waals surface area contributed by atoms with Crippen LogP contribution in [0.3, 0.4) is 0 Å². The minimum atomic E-state index is -3.93. The molecule has 2 aromatic rings. The summed E-state index contributed by atoms with van der Waals surface area (Å²) < 4.78 is 52.6. The number of rotatable bonds is 4. The topological polar surface area (TPSA) is 57.7 Å². The van der Waals surface area contributed by atoms with E-state index in [1.807, 2.05) is 16.8 Å². The quantitative estimate of drug-likeness (QED) is 0.744. The fourth-order valence-electron chi connectivity index (χ4n) is 2.58. The SMILES string of the molecule is O=C(/C=C\c1ccsc1)N1CCN(S(=O)(=O)c2ccc(F)c(F)c2)CC1. The molecule has 0 unspecified atom stereocenters. The lowest BCUT2D eigenvalue weighted by atomic mass is 10.3. The molecule has 0 N–H and O–H groups in total. The van der Waals surface area contributed by atoms with Gasteiger partial charge in [-0.2, -0.15) is 15.6 Å². The Bertz CT molecular complexity index is 919. The van der Waals surface area contributed by atoms with Crippen molar-refractivity contribution in [1.29, 1.82) is 0 Å². The van der Waals surface area contributed by atoms with Crippen LogP contribution < -0.4 is 0 Å². The summed E-state index contributed by atoms with van der Waals surface area (Å²) in [6.07, 6.45) is 3.17. The van der Waals surface area contributed by atoms with Crippen molar-refractivity contribution in [1.82, 2.24) is 9.21 Å². The van der Waals surface area contributed by atoms with Gasteiger partial charge in [-0.15, -0.1) is 0 Å². The Labute approximate surface area is 154 Å². The highest BCUT2D eigenvalue weighted by molar-refractivity contribution is 7.89. The van der Waals surface area contributed by atoms with E-state index in [0.717, 1.165) is 17.7 Å². The summed E-state index contributed by atoms with van der Waals surface area (Å²) in [5, 5.41) is 3.82. The Morgan fingerprint density at radius 2 is 1.81 bits per heavy atom. The molecule has 1 aromatic carbocycles. The van der Waals surface area contributed by atoms with Crippen LogP contribution >= 0.6 is 11.3 Å². The number of nitrogens with zero attached hydrogens (tertiary/aromatic N) is 2. The summed E-state index contributed by atoms with van der Waals surface area (Å²) in [5.74, 6) is -2.50. The van der Waals surface area contributed by atoms with Gasteiger partial charge in [-0.05, 0) is 46.7 Å². The van der Waals surface area contributed by atoms with Crippen LogP contribution in [0, 0.1) is 11.6 Å². The Hall–Kier alpha value is -2.10. The second-order valence-electron chi connectivity index (χ2n) is 5.70. The fraction of sp³-hybridized carbons (Fsp3) is 0.235. The molecule has 1 fully saturated rings. The number of sulfonamides is 1. The van der Waals surface area contributed by atoms with E-state index in [2.05, 4.69) is 0 Å². The molecule has 1 amide bonds. The van der Waals surface area contributed by atoms with Crippen LogP contribution in [-0.2, 0) is 14.8 Å². The number of hydrogen-bond donors (Lipinski definition) is 0. The Balaban J connectivity index is 1.64. The number of carbonyl (C=O) groups is 1. The molecule has 1 saturated heterocycles. The van der Waals surface area contributed by atoms with E-state index in [4.69, 9.17) is 0 Å². The van der Waals surface area contributed by atoms with Crippen molar-refractivity contribution in [3.8, 4) is 0 Å². The minimum Gasteiger partial charge on any atom is -0.337 e. The van der Waals surface area contributed by atoms with Gasteiger partial charge in [0.25, 0.3) is 0 Å². The van der Waals surface area contributed by atoms with Gasteiger partial charge in [0.05, 0.1) is 4.90 Å². The Kier molecular flexibility index (Phi) is 5.49. The molecular formula is C17H16F2N2O3S2. The lowest BCUT2D eigenvalue weighted by Crippen LogP contribution is -2.50. The van der Waals surface area contributed by atoms with Gasteiger partial charge in [-0.1, -0.05) is 0 Å². The highest BCUT2D eigenvalue weighted by Gasteiger charge is 2.30. The monoisotopic (exact) mass is 398 g/mol. The third-order valence-corrected chi connectivity index (χ3v) is 6.64. The van der Waals surface area contributed by atoms with E-state index in [1.165, 1.54) is 21.7 Å². The second kappa shape index (κ2) is 7.65. The molecule has 5 nitrogen and oxygen atoms in total. The third kappa shape index (κ3) is 4.00. The van der Waals surface area contributed by atoms with Crippen molar-refractivity contribution in [2.75, 3.05) is 26.2 Å². The lowest BCUT2D eigenvalue weighted by molar-refractivity contribution is -0.127. The first-order valence-corrected chi connectivity index (χ1v) is 10.2. The second-order valence-corrected chi connectivity index (χ2v) is 8.41. The van der Waals surface area contributed by atoms with Crippen molar-refractivity contribution in [3.05, 3.63) is 58.3 Å². The van der Waals surface area contributed by atoms with Gasteiger partial charge in [-0.3, -0.25) is 4.79 Å². The first-order valence-electron chi connectivity index (χ1n) is 7.82. The number of hydrogen-bond acceptors (Lipinski definition) is 4. The van der Waals surface area contributed by atoms with Gasteiger partial charge >= 0.3 is 0 Å². The highest BCUT2D eigenvalue weighted by Crippen LogP contribution is 2.20. The number of amides is 1. The van der Waals surface area contributed by atoms with Crippen molar-refractivity contribution in [2.45, 2.75) is 4.90 Å². The lowest BCUT2D eigenvalue weighted by Gasteiger charge is -2.33. The maximum Gasteiger partial charge on any atom is 0.246 e. The smallest absolute Gasteiger partial charge is 0.246 e. The van der Waals surface area contributed by atoms with Gasteiger partial charge < -0.3 is 4.90 Å². The molecule has 138 valence electrons. The molecular weight excluding hydrogens is 382 g/mol. The molecule has 0 saturated carbocycles. The fourth-order valence-corrected chi connectivity index (χ4v) is 4.64. The number of halogens is 2. The summed E-state index contributed by atoms with van der Waals surface area (Å²) in [4.78, 5) is 13.4. The molecule has 0 spiro atoms. The van der Waals surface area contributed by atoms with Crippen LogP contribution in [0.5, 0.6) is 0 Å². The number of carbonyl (C=O) groups excluding carboxylic acids is 1. The summed E-state index contributed by atoms with van der Waals surface area (Å²) in [7, 11) is -3.93. The maximum absolute atomic E-state index is 13.3. The van der Waals surface area contributed by atoms with Gasteiger partial charge in [0.15, 0.2) is 11.6 Å². The molecule has 1 aliphatic heterocycles. The van der Waals surface area contributed by atoms with E-state index in [-0.39, 0.29) is 37.0 Å². The highest BCUT2D eigenvalue weighted by atomic mass is 32.2. The van der Waals surface area contributed by atoms with E-state index < -0.39 is 21.7 Å². The zero-order valence-corrected chi connectivity index (χ0v) is 15.3. The Morgan fingerprint density at radius 1 is 1.08 bits per heavy atom. The third-order valence-electron chi connectivity index (χ3n) is 4.04. The van der Waals surface area contributed by atoms with Crippen molar-refractivity contribution in [3.63, 3.8) is 0 Å². The van der Waals surface area contributed by atoms with E-state index in [0.29, 0.717) is 6.07 Å². The minimum absolute atomic E-state index is 0.0966. The molecule has 2 heterocycles. The summed E-state index contributed by atoms with van der Waals surface area (Å²) >= 11 is 1.53. The molecule has 3 rings (SSSR count). The largest absolute Gasteiger partial charge is 0.337 e. The zero-order chi connectivity index (χ0) is 18.7. The molecule has 0 radical (unpaired) electrons. The first-order chi connectivity index (χ1) is 12.4. The van der Waals surface area contributed by atoms with Crippen molar-refractivity contribution < 1.29 is 22.0 Å². The zero-order valence-electron chi connectivity index (χ0n) is 13.6. The van der Waals surface area contributed by atoms with Gasteiger partial charge in [0, 0.05) is 32.3 Å². The average molecular weight is 398 g/mol. The van der Waals surface area contributed by atoms with E-state index in [1.54, 1.807) is 11.0 Å². The number of piperazine rings is 1. The van der Waals surface area contributed by atoms with Crippen molar-refractivity contribution >= 4 is 33.3 Å². The summed E-state index contributed by atoms with van der Waals surface area (Å²) in [5.41, 5.74) is 0.933. The van der Waals surface area contributed by atoms with Crippen LogP contribution in [0.15, 0.2) is 46.0 Å². The van der Waals surface area contributed by atoms with Gasteiger partial charge in [0.1, 0.15) is 0 Å². The number of benzene rings is 1. The van der Waals surface area contributed by atoms with Gasteiger partial charge in [-0.25, -0.2) is 17.2 Å². The van der Waals surface area contributed by atoms with Crippen LogP contribution in [-0.4, -0.2) is 49.7 Å². The first kappa shape index (κ1) is 18.7. The van der Waals surface area contributed by atoms with Crippen LogP contribution in [0.1, 0.15) is 5.56 Å². The summed E-state index contributed by atoms with van der Waals surface area (Å²) in [6.45, 7) is 0.657. The van der Waals surface area contributed by atoms with E-state index in [9.17, 15) is 22.0 Å². The summed E-state index contributed by atoms with van der Waals surface area (Å²) in [6, 6.07) is 4.39. The molecule has 0 bridgehead atoms. The molecule has 1 aromatic heterocycles. The molecule has 0 aliphatic carbocycles.